The first kappa shape index (κ1) is 15.2. The van der Waals surface area contributed by atoms with Gasteiger partial charge in [0.05, 0.1) is 6.20 Å². The zero-order valence-electron chi connectivity index (χ0n) is 12.5. The molecule has 0 aliphatic rings. The maximum absolute atomic E-state index is 10.6. The molecule has 1 aromatic carbocycles. The van der Waals surface area contributed by atoms with Crippen molar-refractivity contribution in [3.05, 3.63) is 36.5 Å². The van der Waals surface area contributed by atoms with E-state index in [1.54, 1.807) is 0 Å². The second-order valence-corrected chi connectivity index (χ2v) is 5.04. The first-order valence-corrected chi connectivity index (χ1v) is 7.33. The summed E-state index contributed by atoms with van der Waals surface area (Å²) in [6, 6.07) is 9.96. The number of carbonyl (C=O) groups excluding carboxylic acids is 1. The summed E-state index contributed by atoms with van der Waals surface area (Å²) < 4.78 is 6.99. The first-order chi connectivity index (χ1) is 10.3. The lowest BCUT2D eigenvalue weighted by atomic mass is 9.97. The number of ether oxygens (including phenoxy) is 1. The molecule has 5 heteroatoms. The van der Waals surface area contributed by atoms with Crippen molar-refractivity contribution in [2.45, 2.75) is 39.3 Å². The van der Waals surface area contributed by atoms with Gasteiger partial charge in [-0.3, -0.25) is 9.48 Å². The maximum Gasteiger partial charge on any atom is 0.293 e. The van der Waals surface area contributed by atoms with E-state index in [4.69, 9.17) is 4.74 Å². The van der Waals surface area contributed by atoms with Gasteiger partial charge < -0.3 is 4.74 Å². The summed E-state index contributed by atoms with van der Waals surface area (Å²) in [5.41, 5.74) is 1.91. The lowest BCUT2D eigenvalue weighted by Gasteiger charge is -2.23. The molecular weight excluding hydrogens is 266 g/mol. The van der Waals surface area contributed by atoms with Crippen LogP contribution in [0.3, 0.4) is 0 Å². The highest BCUT2D eigenvalue weighted by molar-refractivity contribution is 5.57. The Labute approximate surface area is 124 Å². The summed E-state index contributed by atoms with van der Waals surface area (Å²) in [4.78, 5) is 10.6. The number of benzene rings is 1. The molecule has 1 heterocycles. The molecule has 0 bridgehead atoms. The van der Waals surface area contributed by atoms with E-state index in [0.29, 0.717) is 13.0 Å². The van der Waals surface area contributed by atoms with Crippen molar-refractivity contribution in [2.24, 2.45) is 5.92 Å². The molecule has 112 valence electrons. The minimum absolute atomic E-state index is 0.0723. The predicted octanol–water partition coefficient (Wildman–Crippen LogP) is 2.92. The first-order valence-electron chi connectivity index (χ1n) is 7.33. The van der Waals surface area contributed by atoms with Crippen LogP contribution >= 0.6 is 0 Å². The summed E-state index contributed by atoms with van der Waals surface area (Å²) in [6.45, 7) is 5.35. The van der Waals surface area contributed by atoms with Gasteiger partial charge in [-0.15, -0.1) is 5.10 Å². The zero-order valence-corrected chi connectivity index (χ0v) is 12.5. The third-order valence-corrected chi connectivity index (χ3v) is 3.71. The highest BCUT2D eigenvalue weighted by Crippen LogP contribution is 2.19. The summed E-state index contributed by atoms with van der Waals surface area (Å²) in [5, 5.41) is 8.39. The third-order valence-electron chi connectivity index (χ3n) is 3.71. The number of hydrogen-bond donors (Lipinski definition) is 0. The van der Waals surface area contributed by atoms with Crippen molar-refractivity contribution in [3.8, 4) is 11.3 Å². The van der Waals surface area contributed by atoms with Crippen molar-refractivity contribution in [2.75, 3.05) is 0 Å². The van der Waals surface area contributed by atoms with Crippen LogP contribution in [-0.4, -0.2) is 27.6 Å². The maximum atomic E-state index is 10.6. The third kappa shape index (κ3) is 3.90. The highest BCUT2D eigenvalue weighted by atomic mass is 16.5. The van der Waals surface area contributed by atoms with E-state index in [0.717, 1.165) is 24.1 Å². The molecule has 0 radical (unpaired) electrons. The van der Waals surface area contributed by atoms with Gasteiger partial charge in [0.1, 0.15) is 11.8 Å². The van der Waals surface area contributed by atoms with Crippen LogP contribution in [0.5, 0.6) is 0 Å². The molecule has 0 spiro atoms. The van der Waals surface area contributed by atoms with Crippen molar-refractivity contribution in [3.63, 3.8) is 0 Å². The Morgan fingerprint density at radius 1 is 1.24 bits per heavy atom. The van der Waals surface area contributed by atoms with Gasteiger partial charge in [-0.2, -0.15) is 0 Å². The van der Waals surface area contributed by atoms with E-state index in [-0.39, 0.29) is 12.0 Å². The Kier molecular flexibility index (Phi) is 5.49. The number of aromatic nitrogens is 3. The molecule has 0 aliphatic heterocycles. The van der Waals surface area contributed by atoms with Gasteiger partial charge in [0, 0.05) is 18.0 Å². The Balaban J connectivity index is 2.08. The molecule has 21 heavy (non-hydrogen) atoms. The Morgan fingerprint density at radius 2 is 2.00 bits per heavy atom. The second-order valence-electron chi connectivity index (χ2n) is 5.04. The van der Waals surface area contributed by atoms with Crippen LogP contribution < -0.4 is 0 Å². The van der Waals surface area contributed by atoms with E-state index < -0.39 is 0 Å². The summed E-state index contributed by atoms with van der Waals surface area (Å²) in [7, 11) is 0. The fourth-order valence-electron chi connectivity index (χ4n) is 2.49. The Morgan fingerprint density at radius 3 is 2.62 bits per heavy atom. The minimum atomic E-state index is -0.0723. The van der Waals surface area contributed by atoms with Crippen LogP contribution in [-0.2, 0) is 16.1 Å². The SMILES string of the molecule is CC[C@H](Cn1cc(-c2ccccc2)nn1)[C@@H](CC)OC=O. The van der Waals surface area contributed by atoms with Gasteiger partial charge in [-0.25, -0.2) is 0 Å². The molecule has 2 rings (SSSR count). The average Bonchev–Trinajstić information content (AvgIpc) is 3.00. The van der Waals surface area contributed by atoms with Gasteiger partial charge in [0.2, 0.25) is 0 Å². The topological polar surface area (TPSA) is 57.0 Å². The van der Waals surface area contributed by atoms with Crippen molar-refractivity contribution in [1.29, 1.82) is 0 Å². The predicted molar refractivity (Wildman–Crippen MR) is 80.5 cm³/mol. The van der Waals surface area contributed by atoms with E-state index >= 15 is 0 Å². The standard InChI is InChI=1S/C16H21N3O2/c1-3-13(16(4-2)21-12-20)10-19-11-15(17-18-19)14-8-6-5-7-9-14/h5-9,11-13,16H,3-4,10H2,1-2H3/t13-,16-/m1/s1. The van der Waals surface area contributed by atoms with Gasteiger partial charge in [0.15, 0.2) is 0 Å². The van der Waals surface area contributed by atoms with Crippen molar-refractivity contribution < 1.29 is 9.53 Å². The normalized spacial score (nSPS) is 13.6. The van der Waals surface area contributed by atoms with E-state index in [1.165, 1.54) is 0 Å². The number of rotatable bonds is 8. The van der Waals surface area contributed by atoms with Gasteiger partial charge >= 0.3 is 0 Å². The number of hydrogen-bond acceptors (Lipinski definition) is 4. The van der Waals surface area contributed by atoms with E-state index in [2.05, 4.69) is 17.2 Å². The fraction of sp³-hybridized carbons (Fsp3) is 0.438. The molecule has 2 aromatic rings. The summed E-state index contributed by atoms with van der Waals surface area (Å²) in [5.74, 6) is 0.241. The molecular formula is C16H21N3O2. The molecule has 5 nitrogen and oxygen atoms in total. The second kappa shape index (κ2) is 7.57. The van der Waals surface area contributed by atoms with Crippen LogP contribution in [0, 0.1) is 5.92 Å². The van der Waals surface area contributed by atoms with Crippen LogP contribution in [0.25, 0.3) is 11.3 Å². The lowest BCUT2D eigenvalue weighted by molar-refractivity contribution is -0.136. The van der Waals surface area contributed by atoms with E-state index in [1.807, 2.05) is 48.1 Å². The quantitative estimate of drug-likeness (QED) is 0.700. The lowest BCUT2D eigenvalue weighted by Crippen LogP contribution is -2.27. The molecule has 0 saturated heterocycles. The average molecular weight is 287 g/mol. The molecule has 0 aliphatic carbocycles. The van der Waals surface area contributed by atoms with Crippen molar-refractivity contribution in [1.82, 2.24) is 15.0 Å². The van der Waals surface area contributed by atoms with E-state index in [9.17, 15) is 4.79 Å². The molecule has 0 unspecified atom stereocenters. The molecule has 2 atom stereocenters. The molecule has 1 aromatic heterocycles. The van der Waals surface area contributed by atoms with Crippen LogP contribution in [0.1, 0.15) is 26.7 Å². The molecule has 0 amide bonds. The van der Waals surface area contributed by atoms with Crippen LogP contribution in [0.2, 0.25) is 0 Å². The number of carbonyl (C=O) groups is 1. The highest BCUT2D eigenvalue weighted by Gasteiger charge is 2.20. The van der Waals surface area contributed by atoms with Crippen LogP contribution in [0.15, 0.2) is 36.5 Å². The minimum Gasteiger partial charge on any atom is -0.464 e. The van der Waals surface area contributed by atoms with Gasteiger partial charge in [0.25, 0.3) is 6.47 Å². The Bertz CT molecular complexity index is 554. The molecule has 0 saturated carbocycles. The number of nitrogens with zero attached hydrogens (tertiary/aromatic N) is 3. The van der Waals surface area contributed by atoms with Crippen molar-refractivity contribution >= 4 is 6.47 Å². The molecule has 0 N–H and O–H groups in total. The monoisotopic (exact) mass is 287 g/mol. The Hall–Kier alpha value is -2.17. The summed E-state index contributed by atoms with van der Waals surface area (Å²) in [6.07, 6.45) is 3.59. The molecule has 0 fully saturated rings. The smallest absolute Gasteiger partial charge is 0.293 e. The van der Waals surface area contributed by atoms with Gasteiger partial charge in [-0.05, 0) is 12.8 Å². The summed E-state index contributed by atoms with van der Waals surface area (Å²) >= 11 is 0. The fourth-order valence-corrected chi connectivity index (χ4v) is 2.49. The van der Waals surface area contributed by atoms with Gasteiger partial charge in [-0.1, -0.05) is 49.4 Å². The van der Waals surface area contributed by atoms with Crippen LogP contribution in [0.4, 0.5) is 0 Å². The zero-order chi connectivity index (χ0) is 15.1. The largest absolute Gasteiger partial charge is 0.464 e.